The van der Waals surface area contributed by atoms with Crippen molar-refractivity contribution in [3.8, 4) is 17.2 Å². The van der Waals surface area contributed by atoms with E-state index in [0.717, 1.165) is 11.3 Å². The van der Waals surface area contributed by atoms with Crippen molar-refractivity contribution in [3.05, 3.63) is 53.1 Å². The molecule has 0 heterocycles. The maximum Gasteiger partial charge on any atom is 0.178 e. The fraction of sp³-hybridized carbons (Fsp3) is 0.0769. The van der Waals surface area contributed by atoms with Crippen LogP contribution in [-0.4, -0.2) is 0 Å². The van der Waals surface area contributed by atoms with Gasteiger partial charge in [0.05, 0.1) is 0 Å². The molecule has 0 aliphatic rings. The summed E-state index contributed by atoms with van der Waals surface area (Å²) in [5.74, 6) is 1.35. The zero-order valence-corrected chi connectivity index (χ0v) is 9.49. The zero-order chi connectivity index (χ0) is 11.5. The van der Waals surface area contributed by atoms with Crippen LogP contribution in [0.15, 0.2) is 42.5 Å². The molecule has 0 unspecified atom stereocenters. The van der Waals surface area contributed by atoms with Gasteiger partial charge in [-0.25, -0.2) is 0 Å². The molecule has 0 bridgehead atoms. The summed E-state index contributed by atoms with van der Waals surface area (Å²) in [6.45, 7) is 1.92. The molecule has 0 saturated heterocycles. The first kappa shape index (κ1) is 10.8. The molecule has 0 saturated carbocycles. The fourth-order valence-corrected chi connectivity index (χ4v) is 1.59. The summed E-state index contributed by atoms with van der Waals surface area (Å²) >= 11 is 5.84. The molecule has 0 spiro atoms. The molecule has 0 aliphatic carbocycles. The third-order valence-electron chi connectivity index (χ3n) is 2.19. The van der Waals surface area contributed by atoms with Crippen LogP contribution in [0.3, 0.4) is 0 Å². The van der Waals surface area contributed by atoms with E-state index in [1.165, 1.54) is 12.1 Å². The summed E-state index contributed by atoms with van der Waals surface area (Å²) in [5, 5.41) is 11.6. The van der Waals surface area contributed by atoms with Crippen molar-refractivity contribution in [2.45, 2.75) is 6.92 Å². The highest BCUT2D eigenvalue weighted by molar-refractivity contribution is 6.30. The fourth-order valence-electron chi connectivity index (χ4n) is 1.36. The first-order valence-electron chi connectivity index (χ1n) is 4.86. The predicted octanol–water partition coefficient (Wildman–Crippen LogP) is 4.58. The largest absolute Gasteiger partial charge is 0.457 e. The Morgan fingerprint density at radius 2 is 1.75 bits per heavy atom. The molecular formula is C13H10ClO2. The Bertz CT molecular complexity index is 492. The van der Waals surface area contributed by atoms with Gasteiger partial charge in [-0.05, 0) is 55.0 Å². The van der Waals surface area contributed by atoms with Crippen LogP contribution in [0.25, 0.3) is 0 Å². The molecule has 0 N–H and O–H groups in total. The maximum absolute atomic E-state index is 10.9. The molecule has 2 aromatic carbocycles. The highest BCUT2D eigenvalue weighted by Gasteiger charge is 2.02. The van der Waals surface area contributed by atoms with Gasteiger partial charge in [0, 0.05) is 5.02 Å². The monoisotopic (exact) mass is 233 g/mol. The van der Waals surface area contributed by atoms with Gasteiger partial charge >= 0.3 is 0 Å². The number of rotatable bonds is 2. The molecule has 0 atom stereocenters. The van der Waals surface area contributed by atoms with Gasteiger partial charge in [-0.1, -0.05) is 11.6 Å². The van der Waals surface area contributed by atoms with Crippen molar-refractivity contribution in [1.82, 2.24) is 0 Å². The van der Waals surface area contributed by atoms with Crippen molar-refractivity contribution in [2.75, 3.05) is 0 Å². The minimum absolute atomic E-state index is 0.0276. The van der Waals surface area contributed by atoms with E-state index in [1.54, 1.807) is 18.2 Å². The van der Waals surface area contributed by atoms with E-state index >= 15 is 0 Å². The van der Waals surface area contributed by atoms with E-state index in [2.05, 4.69) is 0 Å². The predicted molar refractivity (Wildman–Crippen MR) is 62.8 cm³/mol. The van der Waals surface area contributed by atoms with Crippen LogP contribution in [0.2, 0.25) is 5.02 Å². The van der Waals surface area contributed by atoms with Gasteiger partial charge in [0.25, 0.3) is 0 Å². The third kappa shape index (κ3) is 2.47. The SMILES string of the molecule is Cc1cc(Cl)ccc1Oc1ccc([O])cc1. The van der Waals surface area contributed by atoms with Gasteiger partial charge in [0.1, 0.15) is 11.5 Å². The molecule has 0 aliphatic heterocycles. The van der Waals surface area contributed by atoms with Gasteiger partial charge in [0.15, 0.2) is 5.75 Å². The van der Waals surface area contributed by atoms with Crippen molar-refractivity contribution < 1.29 is 9.84 Å². The maximum atomic E-state index is 10.9. The molecule has 1 radical (unpaired) electrons. The molecule has 81 valence electrons. The molecule has 16 heavy (non-hydrogen) atoms. The minimum atomic E-state index is -0.0276. The molecule has 0 fully saturated rings. The Kier molecular flexibility index (Phi) is 3.02. The summed E-state index contributed by atoms with van der Waals surface area (Å²) in [4.78, 5) is 0. The second kappa shape index (κ2) is 4.45. The van der Waals surface area contributed by atoms with E-state index in [1.807, 2.05) is 19.1 Å². The standard InChI is InChI=1S/C13H10ClO2/c1-9-8-10(14)2-7-13(9)16-12-5-3-11(15)4-6-12/h2-8H,1H3. The Morgan fingerprint density at radius 3 is 2.38 bits per heavy atom. The van der Waals surface area contributed by atoms with Crippen molar-refractivity contribution >= 4 is 11.6 Å². The summed E-state index contributed by atoms with van der Waals surface area (Å²) in [5.41, 5.74) is 0.957. The number of halogens is 1. The third-order valence-corrected chi connectivity index (χ3v) is 2.42. The summed E-state index contributed by atoms with van der Waals surface area (Å²) in [7, 11) is 0. The molecule has 2 nitrogen and oxygen atoms in total. The van der Waals surface area contributed by atoms with Crippen LogP contribution in [0, 0.1) is 6.92 Å². The normalized spacial score (nSPS) is 10.1. The van der Waals surface area contributed by atoms with E-state index in [4.69, 9.17) is 16.3 Å². The lowest BCUT2D eigenvalue weighted by atomic mass is 10.2. The number of hydrogen-bond acceptors (Lipinski definition) is 1. The second-order valence-electron chi connectivity index (χ2n) is 3.48. The smallest absolute Gasteiger partial charge is 0.178 e. The van der Waals surface area contributed by atoms with Gasteiger partial charge < -0.3 is 4.74 Å². The molecule has 3 heteroatoms. The van der Waals surface area contributed by atoms with Crippen LogP contribution >= 0.6 is 11.6 Å². The summed E-state index contributed by atoms with van der Waals surface area (Å²) in [6, 6.07) is 11.7. The Morgan fingerprint density at radius 1 is 1.06 bits per heavy atom. The topological polar surface area (TPSA) is 29.1 Å². The van der Waals surface area contributed by atoms with Crippen LogP contribution in [0.4, 0.5) is 0 Å². The Labute approximate surface area is 99.1 Å². The van der Waals surface area contributed by atoms with Gasteiger partial charge in [0.2, 0.25) is 0 Å². The van der Waals surface area contributed by atoms with Gasteiger partial charge in [-0.3, -0.25) is 5.11 Å². The quantitative estimate of drug-likeness (QED) is 0.746. The summed E-state index contributed by atoms with van der Waals surface area (Å²) < 4.78 is 5.62. The lowest BCUT2D eigenvalue weighted by Crippen LogP contribution is -1.86. The summed E-state index contributed by atoms with van der Waals surface area (Å²) in [6.07, 6.45) is 0. The highest BCUT2D eigenvalue weighted by atomic mass is 35.5. The zero-order valence-electron chi connectivity index (χ0n) is 8.74. The Balaban J connectivity index is 2.23. The van der Waals surface area contributed by atoms with E-state index < -0.39 is 0 Å². The van der Waals surface area contributed by atoms with Crippen molar-refractivity contribution in [2.24, 2.45) is 0 Å². The second-order valence-corrected chi connectivity index (χ2v) is 3.92. The molecular weight excluding hydrogens is 224 g/mol. The Hall–Kier alpha value is -1.67. The number of ether oxygens (including phenoxy) is 1. The molecule has 0 aromatic heterocycles. The highest BCUT2D eigenvalue weighted by Crippen LogP contribution is 2.28. The van der Waals surface area contributed by atoms with E-state index in [9.17, 15) is 5.11 Å². The van der Waals surface area contributed by atoms with E-state index in [-0.39, 0.29) is 5.75 Å². The molecule has 2 aromatic rings. The van der Waals surface area contributed by atoms with Gasteiger partial charge in [-0.15, -0.1) is 0 Å². The van der Waals surface area contributed by atoms with Crippen molar-refractivity contribution in [3.63, 3.8) is 0 Å². The van der Waals surface area contributed by atoms with Crippen LogP contribution < -0.4 is 4.74 Å². The van der Waals surface area contributed by atoms with Crippen LogP contribution in [-0.2, 0) is 5.11 Å². The number of hydrogen-bond donors (Lipinski definition) is 0. The van der Waals surface area contributed by atoms with Crippen LogP contribution in [0.1, 0.15) is 5.56 Å². The first-order chi connectivity index (χ1) is 7.65. The average Bonchev–Trinajstić information content (AvgIpc) is 2.25. The van der Waals surface area contributed by atoms with Crippen LogP contribution in [0.5, 0.6) is 17.2 Å². The minimum Gasteiger partial charge on any atom is -0.457 e. The first-order valence-corrected chi connectivity index (χ1v) is 5.24. The average molecular weight is 234 g/mol. The van der Waals surface area contributed by atoms with Gasteiger partial charge in [-0.2, -0.15) is 0 Å². The number of benzene rings is 2. The number of aryl methyl sites for hydroxylation is 1. The van der Waals surface area contributed by atoms with Crippen molar-refractivity contribution in [1.29, 1.82) is 0 Å². The van der Waals surface area contributed by atoms with E-state index in [0.29, 0.717) is 10.8 Å². The lowest BCUT2D eigenvalue weighted by Gasteiger charge is -2.08. The lowest BCUT2D eigenvalue weighted by molar-refractivity contribution is 0.354. The molecule has 2 rings (SSSR count). The molecule has 0 amide bonds.